The number of aromatic nitrogens is 6. The maximum absolute atomic E-state index is 14.1. The van der Waals surface area contributed by atoms with Crippen molar-refractivity contribution in [3.8, 4) is 5.69 Å². The summed E-state index contributed by atoms with van der Waals surface area (Å²) in [5.74, 6) is -0.487. The molecule has 0 radical (unpaired) electrons. The zero-order valence-corrected chi connectivity index (χ0v) is 15.4. The van der Waals surface area contributed by atoms with Crippen LogP contribution >= 0.6 is 22.9 Å². The number of carbonyl (C=O) groups is 1. The Labute approximate surface area is 160 Å². The highest BCUT2D eigenvalue weighted by Gasteiger charge is 2.12. The summed E-state index contributed by atoms with van der Waals surface area (Å²) in [4.78, 5) is 17.2. The molecule has 4 aromatic rings. The van der Waals surface area contributed by atoms with Crippen LogP contribution in [0.2, 0.25) is 5.15 Å². The van der Waals surface area contributed by atoms with Gasteiger partial charge in [0.2, 0.25) is 5.91 Å². The summed E-state index contributed by atoms with van der Waals surface area (Å²) in [5, 5.41) is 15.8. The molecule has 8 nitrogen and oxygen atoms in total. The quantitative estimate of drug-likeness (QED) is 0.529. The van der Waals surface area contributed by atoms with Gasteiger partial charge in [0.15, 0.2) is 15.9 Å². The molecular weight excluding hydrogens is 393 g/mol. The molecule has 27 heavy (non-hydrogen) atoms. The summed E-state index contributed by atoms with van der Waals surface area (Å²) < 4.78 is 17.1. The number of aryl methyl sites for hydroxylation is 1. The highest BCUT2D eigenvalue weighted by atomic mass is 35.5. The van der Waals surface area contributed by atoms with Crippen molar-refractivity contribution in [1.82, 2.24) is 29.6 Å². The van der Waals surface area contributed by atoms with Crippen molar-refractivity contribution in [2.24, 2.45) is 0 Å². The number of halogens is 2. The fraction of sp³-hybridized carbons (Fsp3) is 0.0625. The Morgan fingerprint density at radius 2 is 2.26 bits per heavy atom. The maximum Gasteiger partial charge on any atom is 0.248 e. The minimum atomic E-state index is -0.509. The van der Waals surface area contributed by atoms with Gasteiger partial charge in [0.05, 0.1) is 5.69 Å². The van der Waals surface area contributed by atoms with Crippen LogP contribution in [0.1, 0.15) is 11.5 Å². The Bertz CT molecular complexity index is 1180. The first kappa shape index (κ1) is 17.3. The number of imidazole rings is 1. The zero-order valence-electron chi connectivity index (χ0n) is 13.8. The Kier molecular flexibility index (Phi) is 4.42. The van der Waals surface area contributed by atoms with Crippen molar-refractivity contribution in [3.05, 3.63) is 58.3 Å². The fourth-order valence-corrected chi connectivity index (χ4v) is 3.48. The normalized spacial score (nSPS) is 11.5. The molecule has 3 heterocycles. The third-order valence-electron chi connectivity index (χ3n) is 3.71. The van der Waals surface area contributed by atoms with E-state index < -0.39 is 11.7 Å². The number of rotatable bonds is 4. The van der Waals surface area contributed by atoms with E-state index in [1.807, 2.05) is 11.6 Å². The topological polar surface area (TPSA) is 90.0 Å². The lowest BCUT2D eigenvalue weighted by Crippen LogP contribution is -2.09. The van der Waals surface area contributed by atoms with E-state index in [0.29, 0.717) is 22.4 Å². The largest absolute Gasteiger partial charge is 0.322 e. The number of nitrogens with zero attached hydrogens (tertiary/aromatic N) is 6. The third-order valence-corrected chi connectivity index (χ3v) is 4.75. The number of nitrogens with one attached hydrogen (secondary N) is 1. The number of amides is 1. The van der Waals surface area contributed by atoms with Gasteiger partial charge in [0.1, 0.15) is 11.5 Å². The molecule has 0 atom stereocenters. The molecule has 0 aliphatic heterocycles. The highest BCUT2D eigenvalue weighted by Crippen LogP contribution is 2.23. The van der Waals surface area contributed by atoms with Gasteiger partial charge in [-0.25, -0.2) is 9.37 Å². The van der Waals surface area contributed by atoms with Crippen molar-refractivity contribution in [2.75, 3.05) is 5.32 Å². The van der Waals surface area contributed by atoms with Gasteiger partial charge in [-0.2, -0.15) is 4.68 Å². The summed E-state index contributed by atoms with van der Waals surface area (Å²) in [6, 6.07) is 4.14. The second kappa shape index (κ2) is 6.89. The first-order valence-electron chi connectivity index (χ1n) is 7.68. The van der Waals surface area contributed by atoms with Crippen molar-refractivity contribution in [2.45, 2.75) is 6.92 Å². The number of fused-ring (bicyclic) bond motifs is 1. The molecule has 0 aliphatic rings. The Morgan fingerprint density at radius 1 is 1.41 bits per heavy atom. The minimum Gasteiger partial charge on any atom is -0.322 e. The molecule has 1 amide bonds. The van der Waals surface area contributed by atoms with E-state index in [0.717, 1.165) is 4.96 Å². The molecule has 0 bridgehead atoms. The van der Waals surface area contributed by atoms with Crippen LogP contribution in [0.25, 0.3) is 16.7 Å². The van der Waals surface area contributed by atoms with Gasteiger partial charge in [-0.3, -0.25) is 9.20 Å². The maximum atomic E-state index is 14.1. The van der Waals surface area contributed by atoms with Gasteiger partial charge in [-0.15, -0.1) is 16.4 Å². The lowest BCUT2D eigenvalue weighted by Gasteiger charge is -2.07. The molecule has 0 fully saturated rings. The molecular formula is C16H11ClFN7OS. The molecule has 1 N–H and O–H groups in total. The van der Waals surface area contributed by atoms with Crippen LogP contribution in [0.15, 0.2) is 35.9 Å². The summed E-state index contributed by atoms with van der Waals surface area (Å²) in [6.07, 6.45) is 4.72. The van der Waals surface area contributed by atoms with Crippen LogP contribution in [0.5, 0.6) is 0 Å². The lowest BCUT2D eigenvalue weighted by atomic mass is 10.2. The molecule has 4 rings (SSSR count). The average Bonchev–Trinajstić information content (AvgIpc) is 3.32. The number of hydrogen-bond donors (Lipinski definition) is 1. The molecule has 0 unspecified atom stereocenters. The highest BCUT2D eigenvalue weighted by molar-refractivity contribution is 7.15. The van der Waals surface area contributed by atoms with Crippen LogP contribution in [-0.2, 0) is 4.79 Å². The monoisotopic (exact) mass is 403 g/mol. The van der Waals surface area contributed by atoms with Gasteiger partial charge in [0, 0.05) is 23.3 Å². The van der Waals surface area contributed by atoms with E-state index in [1.54, 1.807) is 17.4 Å². The van der Waals surface area contributed by atoms with Crippen molar-refractivity contribution in [1.29, 1.82) is 0 Å². The van der Waals surface area contributed by atoms with Crippen LogP contribution in [0.3, 0.4) is 0 Å². The first-order valence-corrected chi connectivity index (χ1v) is 8.94. The molecule has 1 aromatic carbocycles. The molecule has 0 saturated carbocycles. The van der Waals surface area contributed by atoms with Crippen LogP contribution in [-0.4, -0.2) is 35.5 Å². The van der Waals surface area contributed by atoms with Gasteiger partial charge in [-0.05, 0) is 41.6 Å². The zero-order chi connectivity index (χ0) is 19.0. The van der Waals surface area contributed by atoms with E-state index in [1.165, 1.54) is 40.3 Å². The van der Waals surface area contributed by atoms with E-state index in [-0.39, 0.29) is 5.69 Å². The molecule has 0 aliphatic carbocycles. The minimum absolute atomic E-state index is 0.137. The smallest absolute Gasteiger partial charge is 0.248 e. The molecule has 0 spiro atoms. The molecule has 136 valence electrons. The van der Waals surface area contributed by atoms with E-state index in [4.69, 9.17) is 11.6 Å². The van der Waals surface area contributed by atoms with Crippen molar-refractivity contribution >= 4 is 45.6 Å². The predicted octanol–water partition coefficient (Wildman–Crippen LogP) is 3.12. The summed E-state index contributed by atoms with van der Waals surface area (Å²) in [7, 11) is 0. The summed E-state index contributed by atoms with van der Waals surface area (Å²) in [6.45, 7) is 1.65. The molecule has 11 heteroatoms. The van der Waals surface area contributed by atoms with E-state index >= 15 is 0 Å². The second-order valence-corrected chi connectivity index (χ2v) is 6.70. The van der Waals surface area contributed by atoms with E-state index in [9.17, 15) is 9.18 Å². The van der Waals surface area contributed by atoms with Crippen LogP contribution < -0.4 is 5.32 Å². The summed E-state index contributed by atoms with van der Waals surface area (Å²) in [5.41, 5.74) is 1.14. The van der Waals surface area contributed by atoms with Gasteiger partial charge < -0.3 is 5.32 Å². The number of tetrazole rings is 1. The third kappa shape index (κ3) is 3.32. The van der Waals surface area contributed by atoms with Crippen molar-refractivity contribution in [3.63, 3.8) is 0 Å². The van der Waals surface area contributed by atoms with Crippen LogP contribution in [0, 0.1) is 12.7 Å². The van der Waals surface area contributed by atoms with Gasteiger partial charge in [0.25, 0.3) is 0 Å². The SMILES string of the molecule is Cc1nnnn1-c1cc(NC(=O)/C=C/c2c(Cl)nc3sccn23)ccc1F. The fourth-order valence-electron chi connectivity index (χ4n) is 2.47. The Morgan fingerprint density at radius 3 is 3.04 bits per heavy atom. The Balaban J connectivity index is 1.56. The van der Waals surface area contributed by atoms with Crippen molar-refractivity contribution < 1.29 is 9.18 Å². The number of thiazole rings is 1. The second-order valence-electron chi connectivity index (χ2n) is 5.47. The van der Waals surface area contributed by atoms with Gasteiger partial charge >= 0.3 is 0 Å². The molecule has 3 aromatic heterocycles. The number of hydrogen-bond acceptors (Lipinski definition) is 6. The Hall–Kier alpha value is -3.11. The first-order chi connectivity index (χ1) is 13.0. The summed E-state index contributed by atoms with van der Waals surface area (Å²) >= 11 is 7.53. The molecule has 0 saturated heterocycles. The van der Waals surface area contributed by atoms with Gasteiger partial charge in [-0.1, -0.05) is 11.6 Å². The standard InChI is InChI=1S/C16H11ClFN7OS/c1-9-21-22-23-25(9)13-8-10(2-3-11(13)18)19-14(26)5-4-12-15(17)20-16-24(12)6-7-27-16/h2-8H,1H3,(H,19,26)/b5-4+. The van der Waals surface area contributed by atoms with E-state index in [2.05, 4.69) is 25.8 Å². The predicted molar refractivity (Wildman–Crippen MR) is 99.6 cm³/mol. The number of anilines is 1. The number of benzene rings is 1. The van der Waals surface area contributed by atoms with Crippen LogP contribution in [0.4, 0.5) is 10.1 Å². The lowest BCUT2D eigenvalue weighted by molar-refractivity contribution is -0.111. The number of carbonyl (C=O) groups excluding carboxylic acids is 1. The average molecular weight is 404 g/mol.